The fourth-order valence-electron chi connectivity index (χ4n) is 4.03. The van der Waals surface area contributed by atoms with E-state index in [1.165, 1.54) is 0 Å². The molecule has 2 atom stereocenters. The highest BCUT2D eigenvalue weighted by Gasteiger charge is 2.53. The van der Waals surface area contributed by atoms with Crippen molar-refractivity contribution < 1.29 is 4.79 Å². The molecule has 5 rings (SSSR count). The summed E-state index contributed by atoms with van der Waals surface area (Å²) in [7, 11) is 0. The highest BCUT2D eigenvalue weighted by molar-refractivity contribution is 5.88. The van der Waals surface area contributed by atoms with Crippen molar-refractivity contribution in [2.24, 2.45) is 11.3 Å². The topological polar surface area (TPSA) is 103 Å². The van der Waals surface area contributed by atoms with Crippen molar-refractivity contribution in [2.75, 3.05) is 13.1 Å². The molecular formula is C18H19N7O. The minimum absolute atomic E-state index is 0.0146. The fraction of sp³-hybridized carbons (Fsp3) is 0.500. The molecule has 1 N–H and O–H groups in total. The van der Waals surface area contributed by atoms with E-state index in [0.717, 1.165) is 23.4 Å². The van der Waals surface area contributed by atoms with Gasteiger partial charge in [-0.05, 0) is 31.2 Å². The quantitative estimate of drug-likeness (QED) is 0.760. The Bertz CT molecular complexity index is 1050. The lowest BCUT2D eigenvalue weighted by Gasteiger charge is -2.37. The number of aromatic nitrogens is 5. The second-order valence-corrected chi connectivity index (χ2v) is 7.54. The van der Waals surface area contributed by atoms with Gasteiger partial charge in [0.15, 0.2) is 11.3 Å². The molecular weight excluding hydrogens is 330 g/mol. The van der Waals surface area contributed by atoms with Gasteiger partial charge in [-0.15, -0.1) is 10.2 Å². The number of aromatic amines is 1. The first-order valence-electron chi connectivity index (χ1n) is 9.01. The summed E-state index contributed by atoms with van der Waals surface area (Å²) in [4.78, 5) is 22.2. The van der Waals surface area contributed by atoms with Crippen LogP contribution in [0.25, 0.3) is 16.8 Å². The maximum atomic E-state index is 12.8. The molecule has 0 radical (unpaired) electrons. The second kappa shape index (κ2) is 5.27. The number of hydrogen-bond acceptors (Lipinski definition) is 5. The molecule has 1 saturated carbocycles. The van der Waals surface area contributed by atoms with Crippen LogP contribution in [0.2, 0.25) is 0 Å². The van der Waals surface area contributed by atoms with Crippen LogP contribution in [0.15, 0.2) is 18.5 Å². The number of carbonyl (C=O) groups excluding carboxylic acids is 1. The zero-order valence-electron chi connectivity index (χ0n) is 14.5. The van der Waals surface area contributed by atoms with Crippen LogP contribution in [-0.4, -0.2) is 48.5 Å². The molecule has 26 heavy (non-hydrogen) atoms. The van der Waals surface area contributed by atoms with E-state index in [4.69, 9.17) is 0 Å². The Kier molecular flexibility index (Phi) is 3.11. The molecule has 0 aromatic carbocycles. The maximum absolute atomic E-state index is 12.8. The predicted molar refractivity (Wildman–Crippen MR) is 93.0 cm³/mol. The summed E-state index contributed by atoms with van der Waals surface area (Å²) in [5.74, 6) is 1.31. The van der Waals surface area contributed by atoms with Crippen LogP contribution in [0, 0.1) is 22.7 Å². The summed E-state index contributed by atoms with van der Waals surface area (Å²) in [6.45, 7) is 3.48. The third-order valence-electron chi connectivity index (χ3n) is 5.92. The van der Waals surface area contributed by atoms with Crippen molar-refractivity contribution >= 4 is 22.7 Å². The third kappa shape index (κ3) is 2.06. The van der Waals surface area contributed by atoms with Gasteiger partial charge in [0, 0.05) is 25.2 Å². The van der Waals surface area contributed by atoms with E-state index in [1.807, 2.05) is 21.6 Å². The summed E-state index contributed by atoms with van der Waals surface area (Å²) in [5.41, 5.74) is 1.67. The van der Waals surface area contributed by atoms with Crippen molar-refractivity contribution in [1.82, 2.24) is 29.5 Å². The molecule has 132 valence electrons. The Morgan fingerprint density at radius 1 is 1.42 bits per heavy atom. The number of rotatable bonds is 2. The number of nitriles is 1. The van der Waals surface area contributed by atoms with Crippen molar-refractivity contribution in [3.63, 3.8) is 0 Å². The lowest BCUT2D eigenvalue weighted by molar-refractivity contribution is -0.136. The lowest BCUT2D eigenvalue weighted by Crippen LogP contribution is -2.45. The number of hydrogen-bond donors (Lipinski definition) is 1. The van der Waals surface area contributed by atoms with Gasteiger partial charge in [0.25, 0.3) is 0 Å². The molecule has 8 heteroatoms. The molecule has 2 fully saturated rings. The number of carbonyl (C=O) groups is 1. The van der Waals surface area contributed by atoms with Crippen molar-refractivity contribution in [2.45, 2.75) is 32.1 Å². The molecule has 1 amide bonds. The lowest BCUT2D eigenvalue weighted by atomic mass is 9.85. The summed E-state index contributed by atoms with van der Waals surface area (Å²) < 4.78 is 2.03. The van der Waals surface area contributed by atoms with Crippen LogP contribution in [0.3, 0.4) is 0 Å². The van der Waals surface area contributed by atoms with Gasteiger partial charge in [-0.1, -0.05) is 6.92 Å². The monoisotopic (exact) mass is 349 g/mol. The van der Waals surface area contributed by atoms with E-state index in [9.17, 15) is 10.1 Å². The van der Waals surface area contributed by atoms with Crippen LogP contribution in [0.5, 0.6) is 0 Å². The molecule has 2 aliphatic rings. The Hall–Kier alpha value is -2.95. The van der Waals surface area contributed by atoms with Gasteiger partial charge in [0.1, 0.15) is 11.2 Å². The molecule has 3 aromatic rings. The predicted octanol–water partition coefficient (Wildman–Crippen LogP) is 1.86. The highest BCUT2D eigenvalue weighted by Crippen LogP contribution is 2.47. The van der Waals surface area contributed by atoms with Crippen molar-refractivity contribution in [1.29, 1.82) is 5.26 Å². The largest absolute Gasteiger partial charge is 0.345 e. The average molecular weight is 349 g/mol. The molecule has 4 heterocycles. The van der Waals surface area contributed by atoms with Gasteiger partial charge in [0.05, 0.1) is 17.8 Å². The number of fused-ring (bicyclic) bond motifs is 3. The maximum Gasteiger partial charge on any atom is 0.243 e. The van der Waals surface area contributed by atoms with Gasteiger partial charge in [-0.25, -0.2) is 4.98 Å². The van der Waals surface area contributed by atoms with E-state index >= 15 is 0 Å². The molecule has 1 saturated heterocycles. The van der Waals surface area contributed by atoms with Crippen LogP contribution in [-0.2, 0) is 4.79 Å². The van der Waals surface area contributed by atoms with Crippen molar-refractivity contribution in [3.8, 4) is 6.07 Å². The van der Waals surface area contributed by atoms with E-state index in [1.54, 1.807) is 6.20 Å². The Balaban J connectivity index is 1.54. The molecule has 0 bridgehead atoms. The van der Waals surface area contributed by atoms with Gasteiger partial charge in [0.2, 0.25) is 5.91 Å². The number of piperidine rings is 1. The summed E-state index contributed by atoms with van der Waals surface area (Å²) in [6.07, 6.45) is 5.82. The molecule has 1 aliphatic carbocycles. The van der Waals surface area contributed by atoms with E-state index < -0.39 is 5.41 Å². The van der Waals surface area contributed by atoms with Crippen molar-refractivity contribution in [3.05, 3.63) is 24.3 Å². The zero-order chi connectivity index (χ0) is 17.9. The standard InChI is InChI=1S/C18H19N7O/c1-11-3-7-24(17(26)18(10-19)4-5-18)9-12(11)16-23-22-14-8-21-15-13(25(14)16)2-6-20-15/h2,6,8,11-12,20H,3-5,7,9H2,1H3/t11-,12+/m0/s1. The number of likely N-dealkylation sites (tertiary alicyclic amines) is 1. The first-order chi connectivity index (χ1) is 12.6. The number of H-pyrrole nitrogens is 1. The van der Waals surface area contributed by atoms with E-state index in [2.05, 4.69) is 33.2 Å². The molecule has 1 aliphatic heterocycles. The SMILES string of the molecule is C[C@H]1CCN(C(=O)C2(C#N)CC2)C[C@H]1c1nnc2cnc3[nH]ccc3n12. The van der Waals surface area contributed by atoms with Gasteiger partial charge in [-0.2, -0.15) is 5.26 Å². The average Bonchev–Trinajstić information content (AvgIpc) is 3.11. The van der Waals surface area contributed by atoms with E-state index in [0.29, 0.717) is 37.5 Å². The molecule has 3 aromatic heterocycles. The summed E-state index contributed by atoms with van der Waals surface area (Å²) in [5, 5.41) is 18.1. The third-order valence-corrected chi connectivity index (χ3v) is 5.92. The summed E-state index contributed by atoms with van der Waals surface area (Å²) >= 11 is 0. The Morgan fingerprint density at radius 2 is 2.27 bits per heavy atom. The number of amides is 1. The zero-order valence-corrected chi connectivity index (χ0v) is 14.5. The first kappa shape index (κ1) is 15.3. The Morgan fingerprint density at radius 3 is 3.04 bits per heavy atom. The smallest absolute Gasteiger partial charge is 0.243 e. The second-order valence-electron chi connectivity index (χ2n) is 7.54. The van der Waals surface area contributed by atoms with Gasteiger partial charge >= 0.3 is 0 Å². The number of nitrogens with one attached hydrogen (secondary N) is 1. The molecule has 8 nitrogen and oxygen atoms in total. The van der Waals surface area contributed by atoms with Crippen LogP contribution in [0.4, 0.5) is 0 Å². The highest BCUT2D eigenvalue weighted by atomic mass is 16.2. The van der Waals surface area contributed by atoms with Gasteiger partial charge < -0.3 is 9.88 Å². The van der Waals surface area contributed by atoms with Crippen LogP contribution in [0.1, 0.15) is 37.9 Å². The Labute approximate surface area is 149 Å². The normalized spacial score (nSPS) is 24.7. The molecule has 0 spiro atoms. The van der Waals surface area contributed by atoms with Crippen LogP contribution < -0.4 is 0 Å². The number of nitrogens with zero attached hydrogens (tertiary/aromatic N) is 6. The first-order valence-corrected chi connectivity index (χ1v) is 9.01. The minimum Gasteiger partial charge on any atom is -0.345 e. The minimum atomic E-state index is -0.768. The summed E-state index contributed by atoms with van der Waals surface area (Å²) in [6, 6.07) is 4.19. The van der Waals surface area contributed by atoms with Crippen LogP contribution >= 0.6 is 0 Å². The van der Waals surface area contributed by atoms with E-state index in [-0.39, 0.29) is 11.8 Å². The van der Waals surface area contributed by atoms with Gasteiger partial charge in [-0.3, -0.25) is 9.20 Å². The molecule has 0 unspecified atom stereocenters. The fourth-order valence-corrected chi connectivity index (χ4v) is 4.03.